The summed E-state index contributed by atoms with van der Waals surface area (Å²) in [5, 5.41) is 25.9. The number of carbonyl (C=O) groups is 4. The van der Waals surface area contributed by atoms with Gasteiger partial charge in [-0.25, -0.2) is 4.79 Å². The Kier molecular flexibility index (Phi) is 10.9. The Morgan fingerprint density at radius 2 is 1.75 bits per heavy atom. The Morgan fingerprint density at radius 3 is 2.33 bits per heavy atom. The van der Waals surface area contributed by atoms with E-state index in [1.807, 2.05) is 6.07 Å². The second kappa shape index (κ2) is 13.7. The molecule has 4 amide bonds. The molecule has 5 N–H and O–H groups in total. The van der Waals surface area contributed by atoms with E-state index in [0.29, 0.717) is 11.1 Å². The maximum absolute atomic E-state index is 13.9. The van der Waals surface area contributed by atoms with Gasteiger partial charge in [-0.15, -0.1) is 0 Å². The summed E-state index contributed by atoms with van der Waals surface area (Å²) in [6.45, 7) is 7.63. The molecule has 0 saturated heterocycles. The van der Waals surface area contributed by atoms with E-state index in [4.69, 9.17) is 22.1 Å². The number of carbonyl (C=O) groups excluding carboxylic acids is 4. The van der Waals surface area contributed by atoms with Gasteiger partial charge in [-0.1, -0.05) is 41.9 Å². The number of aryl methyl sites for hydroxylation is 2. The molecule has 0 bridgehead atoms. The van der Waals surface area contributed by atoms with Gasteiger partial charge in [-0.2, -0.15) is 5.26 Å². The predicted octanol–water partition coefficient (Wildman–Crippen LogP) is 3.85. The van der Waals surface area contributed by atoms with Crippen molar-refractivity contribution in [2.45, 2.75) is 65.1 Å². The fraction of sp³-hybridized carbons (Fsp3) is 0.393. The average molecular weight is 572 g/mol. The van der Waals surface area contributed by atoms with Gasteiger partial charge in [0.2, 0.25) is 11.8 Å². The summed E-state index contributed by atoms with van der Waals surface area (Å²) in [4.78, 5) is 52.8. The minimum Gasteiger partial charge on any atom is -0.507 e. The SMILES string of the molecule is Cc1cccc(C(C(=O)Nc2c(C)cccc2Cl)N(CC#N)C(=O)C(CCC(N)=O)NC(=O)OC(C)(C)C)c1O. The van der Waals surface area contributed by atoms with Gasteiger partial charge >= 0.3 is 6.09 Å². The van der Waals surface area contributed by atoms with E-state index in [1.165, 1.54) is 6.07 Å². The van der Waals surface area contributed by atoms with Gasteiger partial charge < -0.3 is 31.1 Å². The third-order valence-corrected chi connectivity index (χ3v) is 6.10. The number of aromatic hydroxyl groups is 1. The van der Waals surface area contributed by atoms with Crippen molar-refractivity contribution in [1.29, 1.82) is 5.26 Å². The van der Waals surface area contributed by atoms with Crippen molar-refractivity contribution >= 4 is 41.1 Å². The third kappa shape index (κ3) is 8.61. The van der Waals surface area contributed by atoms with Crippen molar-refractivity contribution in [3.8, 4) is 11.8 Å². The molecule has 0 fully saturated rings. The molecule has 0 aromatic heterocycles. The summed E-state index contributed by atoms with van der Waals surface area (Å²) >= 11 is 6.31. The summed E-state index contributed by atoms with van der Waals surface area (Å²) in [5.41, 5.74) is 5.78. The molecule has 0 aliphatic heterocycles. The first-order chi connectivity index (χ1) is 18.7. The number of benzene rings is 2. The van der Waals surface area contributed by atoms with Crippen LogP contribution in [-0.4, -0.2) is 52.0 Å². The number of rotatable bonds is 10. The third-order valence-electron chi connectivity index (χ3n) is 5.79. The molecule has 11 nitrogen and oxygen atoms in total. The van der Waals surface area contributed by atoms with Crippen molar-refractivity contribution < 1.29 is 29.0 Å². The number of alkyl carbamates (subject to hydrolysis) is 1. The number of nitrogens with zero attached hydrogens (tertiary/aromatic N) is 2. The van der Waals surface area contributed by atoms with E-state index in [1.54, 1.807) is 65.0 Å². The number of halogens is 1. The summed E-state index contributed by atoms with van der Waals surface area (Å²) in [6.07, 6.45) is -1.45. The van der Waals surface area contributed by atoms with Crippen LogP contribution in [0.4, 0.5) is 10.5 Å². The lowest BCUT2D eigenvalue weighted by Crippen LogP contribution is -2.52. The average Bonchev–Trinajstić information content (AvgIpc) is 2.84. The van der Waals surface area contributed by atoms with Crippen molar-refractivity contribution in [3.63, 3.8) is 0 Å². The molecule has 12 heteroatoms. The van der Waals surface area contributed by atoms with Gasteiger partial charge in [0, 0.05) is 12.0 Å². The second-order valence-corrected chi connectivity index (χ2v) is 10.6. The van der Waals surface area contributed by atoms with Crippen molar-refractivity contribution in [2.24, 2.45) is 5.73 Å². The van der Waals surface area contributed by atoms with Crippen molar-refractivity contribution in [1.82, 2.24) is 10.2 Å². The minimum atomic E-state index is -1.53. The molecule has 2 atom stereocenters. The first-order valence-electron chi connectivity index (χ1n) is 12.5. The molecule has 0 aliphatic rings. The topological polar surface area (TPSA) is 175 Å². The van der Waals surface area contributed by atoms with E-state index in [2.05, 4.69) is 10.6 Å². The number of primary amides is 1. The van der Waals surface area contributed by atoms with Crippen LogP contribution in [0.3, 0.4) is 0 Å². The van der Waals surface area contributed by atoms with E-state index in [-0.39, 0.29) is 34.9 Å². The molecular weight excluding hydrogens is 538 g/mol. The molecule has 0 radical (unpaired) electrons. The van der Waals surface area contributed by atoms with Crippen molar-refractivity contribution in [3.05, 3.63) is 58.1 Å². The Balaban J connectivity index is 2.62. The molecule has 0 saturated carbocycles. The van der Waals surface area contributed by atoms with Gasteiger partial charge in [0.1, 0.15) is 30.0 Å². The van der Waals surface area contributed by atoms with Crippen LogP contribution in [-0.2, 0) is 19.1 Å². The Morgan fingerprint density at radius 1 is 1.12 bits per heavy atom. The van der Waals surface area contributed by atoms with E-state index >= 15 is 0 Å². The fourth-order valence-electron chi connectivity index (χ4n) is 3.90. The van der Waals surface area contributed by atoms with E-state index < -0.39 is 48.0 Å². The Labute approximate surface area is 238 Å². The van der Waals surface area contributed by atoms with Crippen LogP contribution in [0.1, 0.15) is 56.3 Å². The number of hydrogen-bond donors (Lipinski definition) is 4. The van der Waals surface area contributed by atoms with Crippen LogP contribution in [0, 0.1) is 25.2 Å². The highest BCUT2D eigenvalue weighted by Crippen LogP contribution is 2.34. The zero-order chi connectivity index (χ0) is 30.2. The van der Waals surface area contributed by atoms with Gasteiger partial charge in [0.25, 0.3) is 5.91 Å². The zero-order valence-electron chi connectivity index (χ0n) is 23.1. The lowest BCUT2D eigenvalue weighted by atomic mass is 9.98. The van der Waals surface area contributed by atoms with Gasteiger partial charge in [-0.05, 0) is 58.2 Å². The number of phenolic OH excluding ortho intramolecular Hbond substituents is 1. The number of para-hydroxylation sites is 2. The number of phenols is 1. The summed E-state index contributed by atoms with van der Waals surface area (Å²) in [6, 6.07) is 8.60. The molecule has 0 aliphatic carbocycles. The standard InChI is InChI=1S/C28H34ClN5O6/c1-16-8-7-11-19(29)22(16)33-25(37)23(18-10-6-9-17(2)24(18)36)34(15-14-30)26(38)20(12-13-21(31)35)32-27(39)40-28(3,4)5/h6-11,20,23,36H,12-13,15H2,1-5H3,(H2,31,35)(H,32,39)(H,33,37). The number of nitrogens with two attached hydrogens (primary N) is 1. The highest BCUT2D eigenvalue weighted by atomic mass is 35.5. The largest absolute Gasteiger partial charge is 0.507 e. The fourth-order valence-corrected chi connectivity index (χ4v) is 4.17. The highest BCUT2D eigenvalue weighted by Gasteiger charge is 2.38. The Bertz CT molecular complexity index is 1300. The number of ether oxygens (including phenoxy) is 1. The zero-order valence-corrected chi connectivity index (χ0v) is 23.8. The maximum atomic E-state index is 13.9. The van der Waals surface area contributed by atoms with Crippen LogP contribution in [0.2, 0.25) is 5.02 Å². The summed E-state index contributed by atoms with van der Waals surface area (Å²) in [5.74, 6) is -2.63. The number of anilines is 1. The molecule has 2 rings (SSSR count). The normalized spacial score (nSPS) is 12.4. The lowest BCUT2D eigenvalue weighted by molar-refractivity contribution is -0.140. The van der Waals surface area contributed by atoms with Crippen LogP contribution >= 0.6 is 11.6 Å². The monoisotopic (exact) mass is 571 g/mol. The van der Waals surface area contributed by atoms with Crippen molar-refractivity contribution in [2.75, 3.05) is 11.9 Å². The minimum absolute atomic E-state index is 0.0386. The van der Waals surface area contributed by atoms with Crippen LogP contribution < -0.4 is 16.4 Å². The number of hydrogen-bond acceptors (Lipinski definition) is 7. The molecule has 2 unspecified atom stereocenters. The summed E-state index contributed by atoms with van der Waals surface area (Å²) in [7, 11) is 0. The van der Waals surface area contributed by atoms with E-state index in [9.17, 15) is 29.5 Å². The van der Waals surface area contributed by atoms with Gasteiger partial charge in [-0.3, -0.25) is 14.4 Å². The molecule has 2 aromatic rings. The molecule has 0 heterocycles. The van der Waals surface area contributed by atoms with Crippen LogP contribution in [0.25, 0.3) is 0 Å². The van der Waals surface area contributed by atoms with Crippen LogP contribution in [0.5, 0.6) is 5.75 Å². The number of nitriles is 1. The van der Waals surface area contributed by atoms with Gasteiger partial charge in [0.05, 0.1) is 16.8 Å². The molecular formula is C28H34ClN5O6. The molecule has 40 heavy (non-hydrogen) atoms. The van der Waals surface area contributed by atoms with Crippen LogP contribution in [0.15, 0.2) is 36.4 Å². The molecule has 214 valence electrons. The number of nitrogens with one attached hydrogen (secondary N) is 2. The Hall–Kier alpha value is -4.30. The lowest BCUT2D eigenvalue weighted by Gasteiger charge is -2.33. The second-order valence-electron chi connectivity index (χ2n) is 10.2. The molecule has 0 spiro atoms. The quantitative estimate of drug-likeness (QED) is 0.313. The predicted molar refractivity (Wildman–Crippen MR) is 149 cm³/mol. The summed E-state index contributed by atoms with van der Waals surface area (Å²) < 4.78 is 5.26. The first kappa shape index (κ1) is 31.9. The van der Waals surface area contributed by atoms with Gasteiger partial charge in [0.15, 0.2) is 0 Å². The maximum Gasteiger partial charge on any atom is 0.408 e. The highest BCUT2D eigenvalue weighted by molar-refractivity contribution is 6.34. The smallest absolute Gasteiger partial charge is 0.408 e. The number of amides is 4. The molecule has 2 aromatic carbocycles. The first-order valence-corrected chi connectivity index (χ1v) is 12.8. The van der Waals surface area contributed by atoms with E-state index in [0.717, 1.165) is 4.90 Å².